The Morgan fingerprint density at radius 2 is 1.92 bits per heavy atom. The number of unbranched alkanes of at least 4 members (excludes halogenated alkanes) is 1. The smallest absolute Gasteiger partial charge is 0.434 e. The number of Topliss-reactive ketones (excluding diaryl/α,β-unsaturated/α-hetero) is 1. The average molecular weight is 573 g/mol. The van der Waals surface area contributed by atoms with Gasteiger partial charge in [-0.15, -0.1) is 11.6 Å². The number of hydrogen-bond acceptors (Lipinski definition) is 9. The molecule has 4 rings (SSSR count). The minimum absolute atomic E-state index is 0.0230. The number of carbonyl (C=O) groups excluding carboxylic acids is 3. The van der Waals surface area contributed by atoms with Crippen LogP contribution >= 0.6 is 11.6 Å². The topological polar surface area (TPSA) is 133 Å². The molecule has 38 heavy (non-hydrogen) atoms. The van der Waals surface area contributed by atoms with Gasteiger partial charge in [0.1, 0.15) is 6.61 Å². The van der Waals surface area contributed by atoms with Gasteiger partial charge < -0.3 is 14.6 Å². The second-order valence-electron chi connectivity index (χ2n) is 11.6. The van der Waals surface area contributed by atoms with Crippen molar-refractivity contribution < 1.29 is 41.6 Å². The molecule has 9 nitrogen and oxygen atoms in total. The van der Waals surface area contributed by atoms with Crippen LogP contribution in [0, 0.1) is 22.7 Å². The molecule has 0 bridgehead atoms. The lowest BCUT2D eigenvalue weighted by Gasteiger charge is -2.64. The zero-order valence-corrected chi connectivity index (χ0v) is 23.9. The van der Waals surface area contributed by atoms with E-state index < -0.39 is 56.1 Å². The number of halogens is 1. The summed E-state index contributed by atoms with van der Waals surface area (Å²) >= 11 is 7.43. The first-order valence-electron chi connectivity index (χ1n) is 13.2. The van der Waals surface area contributed by atoms with Crippen LogP contribution in [0.3, 0.4) is 0 Å². The van der Waals surface area contributed by atoms with Crippen molar-refractivity contribution in [1.82, 2.24) is 0 Å². The molecule has 4 aliphatic rings. The average Bonchev–Trinajstić information content (AvgIpc) is 3.11. The summed E-state index contributed by atoms with van der Waals surface area (Å²) in [5, 5.41) is 11.7. The third kappa shape index (κ3) is 4.45. The van der Waals surface area contributed by atoms with Crippen LogP contribution in [0.4, 0.5) is 4.79 Å². The Kier molecular flexibility index (Phi) is 7.71. The zero-order valence-electron chi connectivity index (χ0n) is 22.3. The molecule has 1 unspecified atom stereocenters. The number of alkyl halides is 1. The Balaban J connectivity index is 1.73. The Bertz CT molecular complexity index is 1180. The molecule has 0 aromatic heterocycles. The molecule has 1 N–H and O–H groups in total. The van der Waals surface area contributed by atoms with Crippen molar-refractivity contribution >= 4 is 39.4 Å². The van der Waals surface area contributed by atoms with Crippen molar-refractivity contribution in [3.8, 4) is 0 Å². The highest BCUT2D eigenvalue weighted by molar-refractivity contribution is 7.86. The van der Waals surface area contributed by atoms with Crippen molar-refractivity contribution in [2.45, 2.75) is 82.3 Å². The van der Waals surface area contributed by atoms with Gasteiger partial charge >= 0.3 is 6.16 Å². The monoisotopic (exact) mass is 572 g/mol. The van der Waals surface area contributed by atoms with Gasteiger partial charge in [0.15, 0.2) is 11.4 Å². The molecule has 0 heterocycles. The number of ketones is 2. The van der Waals surface area contributed by atoms with E-state index >= 15 is 0 Å². The Labute approximate surface area is 229 Å². The van der Waals surface area contributed by atoms with Crippen LogP contribution in [-0.2, 0) is 33.4 Å². The van der Waals surface area contributed by atoms with Crippen LogP contribution in [0.1, 0.15) is 65.7 Å². The molecular weight excluding hydrogens is 536 g/mol. The lowest BCUT2D eigenvalue weighted by atomic mass is 9.45. The van der Waals surface area contributed by atoms with Crippen molar-refractivity contribution in [3.05, 3.63) is 23.8 Å². The van der Waals surface area contributed by atoms with Gasteiger partial charge in [-0.3, -0.25) is 13.8 Å². The SMILES string of the molecule is CCCCOC(=O)O[C@]1(C(=O)COS(C)(=O)=O)CC[C@H]2[C@@H]3CCC4=CC(=O)C=C[C@]4(C)[C@@]3(Cl)C(O)C[C@@]21C. The summed E-state index contributed by atoms with van der Waals surface area (Å²) in [5.74, 6) is -1.32. The largest absolute Gasteiger partial charge is 0.509 e. The number of ether oxygens (including phenoxy) is 2. The lowest BCUT2D eigenvalue weighted by Crippen LogP contribution is -2.69. The second kappa shape index (κ2) is 10.0. The van der Waals surface area contributed by atoms with Gasteiger partial charge in [0, 0.05) is 10.8 Å². The van der Waals surface area contributed by atoms with Crippen LogP contribution in [-0.4, -0.2) is 67.3 Å². The first kappa shape index (κ1) is 29.2. The van der Waals surface area contributed by atoms with E-state index in [0.29, 0.717) is 25.7 Å². The maximum absolute atomic E-state index is 13.7. The van der Waals surface area contributed by atoms with Crippen molar-refractivity contribution in [2.24, 2.45) is 22.7 Å². The highest BCUT2D eigenvalue weighted by atomic mass is 35.5. The molecular formula is C27H37ClO9S. The van der Waals surface area contributed by atoms with Crippen molar-refractivity contribution in [2.75, 3.05) is 19.5 Å². The third-order valence-corrected chi connectivity index (χ3v) is 11.1. The number of rotatable bonds is 8. The first-order chi connectivity index (χ1) is 17.6. The molecule has 0 aromatic carbocycles. The summed E-state index contributed by atoms with van der Waals surface area (Å²) in [5.41, 5.74) is -2.74. The van der Waals surface area contributed by atoms with E-state index in [1.165, 1.54) is 6.08 Å². The highest BCUT2D eigenvalue weighted by Gasteiger charge is 2.74. The molecule has 3 saturated carbocycles. The van der Waals surface area contributed by atoms with Gasteiger partial charge in [-0.25, -0.2) is 4.79 Å². The summed E-state index contributed by atoms with van der Waals surface area (Å²) < 4.78 is 39.3. The third-order valence-electron chi connectivity index (χ3n) is 9.59. The minimum atomic E-state index is -3.94. The van der Waals surface area contributed by atoms with E-state index in [1.54, 1.807) is 19.1 Å². The van der Waals surface area contributed by atoms with Crippen molar-refractivity contribution in [1.29, 1.82) is 0 Å². The molecule has 0 radical (unpaired) electrons. The zero-order chi connectivity index (χ0) is 28.1. The maximum atomic E-state index is 13.7. The molecule has 7 atom stereocenters. The number of aliphatic hydroxyl groups is 1. The summed E-state index contributed by atoms with van der Waals surface area (Å²) in [6.45, 7) is 4.99. The normalized spacial score (nSPS) is 40.0. The first-order valence-corrected chi connectivity index (χ1v) is 15.4. The number of aliphatic hydroxyl groups excluding tert-OH is 1. The molecule has 212 valence electrons. The fraction of sp³-hybridized carbons (Fsp3) is 0.741. The van der Waals surface area contributed by atoms with E-state index in [-0.39, 0.29) is 37.1 Å². The Hall–Kier alpha value is -1.75. The Morgan fingerprint density at radius 3 is 2.58 bits per heavy atom. The highest BCUT2D eigenvalue weighted by Crippen LogP contribution is 2.71. The van der Waals surface area contributed by atoms with E-state index in [2.05, 4.69) is 0 Å². The fourth-order valence-electron chi connectivity index (χ4n) is 7.63. The number of fused-ring (bicyclic) bond motifs is 5. The fourth-order valence-corrected chi connectivity index (χ4v) is 8.47. The molecule has 4 aliphatic carbocycles. The van der Waals surface area contributed by atoms with Gasteiger partial charge in [0.2, 0.25) is 5.78 Å². The van der Waals surface area contributed by atoms with Gasteiger partial charge in [0.05, 0.1) is 23.8 Å². The molecule has 3 fully saturated rings. The van der Waals surface area contributed by atoms with E-state index in [4.69, 9.17) is 25.3 Å². The number of allylic oxidation sites excluding steroid dienone is 4. The second-order valence-corrected chi connectivity index (χ2v) is 13.8. The van der Waals surface area contributed by atoms with Crippen LogP contribution in [0.15, 0.2) is 23.8 Å². The molecule has 0 amide bonds. The number of hydrogen-bond donors (Lipinski definition) is 1. The maximum Gasteiger partial charge on any atom is 0.509 e. The van der Waals surface area contributed by atoms with E-state index in [1.807, 2.05) is 13.8 Å². The predicted molar refractivity (Wildman–Crippen MR) is 139 cm³/mol. The predicted octanol–water partition coefficient (Wildman–Crippen LogP) is 3.86. The molecule has 0 aromatic rings. The molecule has 0 aliphatic heterocycles. The van der Waals surface area contributed by atoms with Crippen LogP contribution in [0.2, 0.25) is 0 Å². The standard InChI is InChI=1S/C27H37ClO9S/c1-5-6-13-35-23(32)37-26(22(31)16-36-38(4,33)34)12-10-19-20-8-7-17-14-18(29)9-11-24(17,2)27(20,28)21(30)15-25(19,26)3/h9,11,14,19-21,30H,5-8,10,12-13,15-16H2,1-4H3/t19-,20-,21?,24-,25-,26-,27-/m0/s1. The summed E-state index contributed by atoms with van der Waals surface area (Å²) in [4.78, 5) is 37.5. The molecule has 0 saturated heterocycles. The molecule has 11 heteroatoms. The van der Waals surface area contributed by atoms with Gasteiger partial charge in [-0.1, -0.05) is 38.8 Å². The van der Waals surface area contributed by atoms with Gasteiger partial charge in [0.25, 0.3) is 10.1 Å². The summed E-state index contributed by atoms with van der Waals surface area (Å²) in [6.07, 6.45) is 6.76. The quantitative estimate of drug-likeness (QED) is 0.199. The Morgan fingerprint density at radius 1 is 1.21 bits per heavy atom. The van der Waals surface area contributed by atoms with E-state index in [9.17, 15) is 27.9 Å². The number of carbonyl (C=O) groups is 3. The minimum Gasteiger partial charge on any atom is -0.434 e. The summed E-state index contributed by atoms with van der Waals surface area (Å²) in [6, 6.07) is 0. The van der Waals surface area contributed by atoms with Gasteiger partial charge in [-0.2, -0.15) is 8.42 Å². The van der Waals surface area contributed by atoms with Crippen molar-refractivity contribution in [3.63, 3.8) is 0 Å². The van der Waals surface area contributed by atoms with Crippen LogP contribution in [0.25, 0.3) is 0 Å². The van der Waals surface area contributed by atoms with Gasteiger partial charge in [-0.05, 0) is 62.5 Å². The lowest BCUT2D eigenvalue weighted by molar-refractivity contribution is -0.178. The van der Waals surface area contributed by atoms with Crippen LogP contribution < -0.4 is 0 Å². The van der Waals surface area contributed by atoms with Crippen LogP contribution in [0.5, 0.6) is 0 Å². The molecule has 0 spiro atoms. The summed E-state index contributed by atoms with van der Waals surface area (Å²) in [7, 11) is -3.94. The van der Waals surface area contributed by atoms with E-state index in [0.717, 1.165) is 18.2 Å².